The van der Waals surface area contributed by atoms with Crippen LogP contribution in [0.2, 0.25) is 0 Å². The van der Waals surface area contributed by atoms with E-state index in [2.05, 4.69) is 27.1 Å². The van der Waals surface area contributed by atoms with Crippen LogP contribution in [0.4, 0.5) is 16.4 Å². The summed E-state index contributed by atoms with van der Waals surface area (Å²) in [5.74, 6) is 4.65. The highest BCUT2D eigenvalue weighted by atomic mass is 16.6. The number of rotatable bonds is 11. The molecule has 15 heteroatoms. The molecular weight excluding hydrogens is 959 g/mol. The Morgan fingerprint density at radius 1 is 0.763 bits per heavy atom. The molecule has 0 radical (unpaired) electrons. The summed E-state index contributed by atoms with van der Waals surface area (Å²) in [5.41, 5.74) is 2.37. The van der Waals surface area contributed by atoms with Crippen LogP contribution < -0.4 is 24.6 Å². The van der Waals surface area contributed by atoms with E-state index in [0.29, 0.717) is 58.4 Å². The van der Waals surface area contributed by atoms with Gasteiger partial charge in [-0.15, -0.1) is 0 Å². The van der Waals surface area contributed by atoms with E-state index >= 15 is 19.2 Å². The summed E-state index contributed by atoms with van der Waals surface area (Å²) < 4.78 is 18.5. The Hall–Kier alpha value is -8.84. The Morgan fingerprint density at radius 2 is 1.39 bits per heavy atom. The van der Waals surface area contributed by atoms with Crippen molar-refractivity contribution < 1.29 is 38.5 Å². The van der Waals surface area contributed by atoms with Crippen molar-refractivity contribution in [3.05, 3.63) is 215 Å². The Kier molecular flexibility index (Phi) is 13.8. The van der Waals surface area contributed by atoms with Gasteiger partial charge in [0.15, 0.2) is 0 Å². The first kappa shape index (κ1) is 49.4. The Labute approximate surface area is 440 Å². The highest BCUT2D eigenvalue weighted by Gasteiger charge is 2.76. The number of anilines is 2. The third-order valence-corrected chi connectivity index (χ3v) is 15.0. The lowest BCUT2D eigenvalue weighted by Crippen LogP contribution is -2.59. The molecule has 7 aromatic rings. The standard InChI is InChI=1S/C61H55N7O8/c1-40(43-15-6-3-7-16-43)64-60(73)67-49-30-27-42(24-23-41-25-28-46(74-2)29-26-41)39-48(49)61(58(67)72)51(56(70)65-33-35-66(36-34-65)59-62-31-14-32-63-59)53-57(71)76-54(45-19-10-5-11-20-45)52(44-17-8-4-9-18-44)68(53)55(61)47-21-12-13-22-50(47)75-38-37-69/h3-22,25-32,39-40,51-55,69H,33-38H2,1-2H3,(H,64,73)/t40-,51-,52-,53-,54+,55+,61-/m1/s1. The number of aliphatic hydroxyl groups excluding tert-OH is 1. The number of nitrogens with zero attached hydrogens (tertiary/aromatic N) is 6. The molecule has 7 atom stereocenters. The number of aromatic nitrogens is 2. The topological polar surface area (TPSA) is 167 Å². The maximum atomic E-state index is 17.0. The molecule has 3 fully saturated rings. The van der Waals surface area contributed by atoms with Gasteiger partial charge in [0.1, 0.15) is 35.7 Å². The summed E-state index contributed by atoms with van der Waals surface area (Å²) in [4.78, 5) is 80.5. The van der Waals surface area contributed by atoms with Crippen molar-refractivity contribution in [2.24, 2.45) is 5.92 Å². The number of benzene rings is 6. The SMILES string of the molecule is COc1ccc(C#Cc2ccc3c(c2)[C@]2(C(=O)N3C(=O)N[C@H](C)c3ccccc3)[C@H](c3ccccc3OCCO)N3[C@H](c4ccccc4)[C@H](c4ccccc4)OC(=O)[C@H]3[C@@H]2C(=O)N2CCN(c3ncccn3)CC2)cc1. The second-order valence-electron chi connectivity index (χ2n) is 19.2. The molecule has 11 rings (SSSR count). The number of hydrogen-bond donors (Lipinski definition) is 2. The first-order valence-electron chi connectivity index (χ1n) is 25.4. The zero-order valence-corrected chi connectivity index (χ0v) is 41.9. The van der Waals surface area contributed by atoms with Crippen LogP contribution in [0.3, 0.4) is 0 Å². The van der Waals surface area contributed by atoms with Crippen molar-refractivity contribution in [2.75, 3.05) is 56.3 Å². The zero-order valence-electron chi connectivity index (χ0n) is 41.9. The van der Waals surface area contributed by atoms with Crippen molar-refractivity contribution >= 4 is 35.5 Å². The van der Waals surface area contributed by atoms with Crippen LogP contribution in [0.1, 0.15) is 70.1 Å². The number of imide groups is 1. The monoisotopic (exact) mass is 1010 g/mol. The van der Waals surface area contributed by atoms with Crippen molar-refractivity contribution in [3.8, 4) is 23.3 Å². The molecule has 382 valence electrons. The lowest BCUT2D eigenvalue weighted by Gasteiger charge is -2.46. The second-order valence-corrected chi connectivity index (χ2v) is 19.2. The van der Waals surface area contributed by atoms with Gasteiger partial charge in [0, 0.05) is 55.3 Å². The molecule has 4 aliphatic heterocycles. The van der Waals surface area contributed by atoms with Gasteiger partial charge < -0.3 is 34.4 Å². The number of para-hydroxylation sites is 1. The first-order chi connectivity index (χ1) is 37.2. The van der Waals surface area contributed by atoms with Gasteiger partial charge in [-0.25, -0.2) is 19.7 Å². The molecule has 5 heterocycles. The minimum atomic E-state index is -2.07. The number of carbonyl (C=O) groups excluding carboxylic acids is 4. The summed E-state index contributed by atoms with van der Waals surface area (Å²) >= 11 is 0. The molecule has 4 amide bonds. The predicted octanol–water partition coefficient (Wildman–Crippen LogP) is 7.74. The van der Waals surface area contributed by atoms with Gasteiger partial charge in [-0.2, -0.15) is 0 Å². The van der Waals surface area contributed by atoms with E-state index in [9.17, 15) is 5.11 Å². The van der Waals surface area contributed by atoms with Crippen molar-refractivity contribution in [1.29, 1.82) is 0 Å². The number of cyclic esters (lactones) is 1. The normalized spacial score (nSPS) is 22.2. The van der Waals surface area contributed by atoms with Gasteiger partial charge in [-0.3, -0.25) is 19.3 Å². The number of urea groups is 1. The molecule has 1 aromatic heterocycles. The first-order valence-corrected chi connectivity index (χ1v) is 25.4. The summed E-state index contributed by atoms with van der Waals surface area (Å²) in [6.07, 6.45) is 2.39. The highest BCUT2D eigenvalue weighted by molar-refractivity contribution is 6.25. The molecule has 0 saturated carbocycles. The van der Waals surface area contributed by atoms with E-state index in [4.69, 9.17) is 14.2 Å². The van der Waals surface area contributed by atoms with Gasteiger partial charge >= 0.3 is 12.0 Å². The fraction of sp³-hybridized carbons (Fsp3) is 0.246. The minimum Gasteiger partial charge on any atom is -0.497 e. The number of methoxy groups -OCH3 is 1. The van der Waals surface area contributed by atoms with E-state index in [1.807, 2.05) is 144 Å². The Balaban J connectivity index is 1.18. The second kappa shape index (κ2) is 21.2. The fourth-order valence-corrected chi connectivity index (χ4v) is 11.6. The number of esters is 1. The number of nitrogens with one attached hydrogen (secondary N) is 1. The molecule has 76 heavy (non-hydrogen) atoms. The van der Waals surface area contributed by atoms with Crippen LogP contribution in [0.5, 0.6) is 11.5 Å². The summed E-state index contributed by atoms with van der Waals surface area (Å²) in [6, 6.07) is 45.3. The molecule has 15 nitrogen and oxygen atoms in total. The molecule has 2 N–H and O–H groups in total. The largest absolute Gasteiger partial charge is 0.497 e. The highest BCUT2D eigenvalue weighted by Crippen LogP contribution is 2.67. The minimum absolute atomic E-state index is 0.101. The molecule has 1 spiro atoms. The van der Waals surface area contributed by atoms with Crippen LogP contribution in [-0.2, 0) is 24.5 Å². The number of piperazine rings is 1. The summed E-state index contributed by atoms with van der Waals surface area (Å²) in [7, 11) is 1.59. The molecule has 3 saturated heterocycles. The summed E-state index contributed by atoms with van der Waals surface area (Å²) in [5, 5.41) is 13.3. The molecular formula is C61H55N7O8. The maximum absolute atomic E-state index is 17.0. The van der Waals surface area contributed by atoms with E-state index in [0.717, 1.165) is 16.0 Å². The average Bonchev–Trinajstić information content (AvgIpc) is 4.12. The van der Waals surface area contributed by atoms with E-state index < -0.39 is 65.4 Å². The van der Waals surface area contributed by atoms with Gasteiger partial charge in [0.05, 0.1) is 43.4 Å². The van der Waals surface area contributed by atoms with Crippen molar-refractivity contribution in [2.45, 2.75) is 42.6 Å². The van der Waals surface area contributed by atoms with Crippen molar-refractivity contribution in [1.82, 2.24) is 25.1 Å². The molecule has 0 unspecified atom stereocenters. The van der Waals surface area contributed by atoms with Crippen LogP contribution in [0, 0.1) is 17.8 Å². The van der Waals surface area contributed by atoms with Gasteiger partial charge in [0.2, 0.25) is 17.8 Å². The lowest BCUT2D eigenvalue weighted by molar-refractivity contribution is -0.179. The quantitative estimate of drug-likeness (QED) is 0.0958. The lowest BCUT2D eigenvalue weighted by atomic mass is 9.64. The average molecular weight is 1010 g/mol. The number of hydrogen-bond acceptors (Lipinski definition) is 12. The molecule has 0 bridgehead atoms. The van der Waals surface area contributed by atoms with E-state index in [1.165, 1.54) is 0 Å². The molecule has 6 aromatic carbocycles. The van der Waals surface area contributed by atoms with Crippen LogP contribution in [0.25, 0.3) is 0 Å². The Morgan fingerprint density at radius 3 is 2.08 bits per heavy atom. The van der Waals surface area contributed by atoms with Gasteiger partial charge in [-0.05, 0) is 83.8 Å². The number of carbonyl (C=O) groups is 4. The van der Waals surface area contributed by atoms with Crippen LogP contribution >= 0.6 is 0 Å². The number of ether oxygens (including phenoxy) is 3. The van der Waals surface area contributed by atoms with Crippen LogP contribution in [-0.4, -0.2) is 101 Å². The van der Waals surface area contributed by atoms with E-state index in [1.54, 1.807) is 60.8 Å². The van der Waals surface area contributed by atoms with Gasteiger partial charge in [-0.1, -0.05) is 121 Å². The van der Waals surface area contributed by atoms with Gasteiger partial charge in [0.25, 0.3) is 0 Å². The smallest absolute Gasteiger partial charge is 0.329 e. The number of fused-ring (bicyclic) bond motifs is 3. The van der Waals surface area contributed by atoms with E-state index in [-0.39, 0.29) is 32.0 Å². The zero-order chi connectivity index (χ0) is 52.3. The fourth-order valence-electron chi connectivity index (χ4n) is 11.6. The number of aliphatic hydroxyl groups is 1. The summed E-state index contributed by atoms with van der Waals surface area (Å²) in [6.45, 7) is 2.54. The predicted molar refractivity (Wildman–Crippen MR) is 284 cm³/mol. The third-order valence-electron chi connectivity index (χ3n) is 15.0. The Bertz CT molecular complexity index is 3310. The van der Waals surface area contributed by atoms with Crippen LogP contribution in [0.15, 0.2) is 176 Å². The molecule has 0 aliphatic carbocycles. The third kappa shape index (κ3) is 8.84. The molecule has 4 aliphatic rings. The number of amides is 4. The maximum Gasteiger partial charge on any atom is 0.329 e. The van der Waals surface area contributed by atoms with Crippen molar-refractivity contribution in [3.63, 3.8) is 0 Å². The number of morpholine rings is 1.